The molecule has 3 aromatic rings. The number of halogens is 2. The van der Waals surface area contributed by atoms with Crippen molar-refractivity contribution in [2.45, 2.75) is 12.8 Å². The molecule has 0 saturated carbocycles. The Balaban J connectivity index is 1.22. The molecule has 1 fully saturated rings. The molecule has 2 aliphatic heterocycles. The van der Waals surface area contributed by atoms with Crippen molar-refractivity contribution in [2.24, 2.45) is 16.9 Å². The van der Waals surface area contributed by atoms with Gasteiger partial charge in [-0.3, -0.25) is 14.6 Å². The fraction of sp³-hybridized carbons (Fsp3) is 0.312. The Labute approximate surface area is 260 Å². The first kappa shape index (κ1) is 29.0. The first-order chi connectivity index (χ1) is 20.9. The van der Waals surface area contributed by atoms with Gasteiger partial charge in [-0.05, 0) is 55.3 Å². The largest absolute Gasteiger partial charge is 0.493 e. The number of hydrogen-bond acceptors (Lipinski definition) is 7. The fourth-order valence-corrected chi connectivity index (χ4v) is 6.60. The minimum atomic E-state index is -0.231. The van der Waals surface area contributed by atoms with Gasteiger partial charge >= 0.3 is 0 Å². The molecular formula is C32H31Cl2N5O4. The minimum Gasteiger partial charge on any atom is -0.493 e. The minimum absolute atomic E-state index is 0.0386. The summed E-state index contributed by atoms with van der Waals surface area (Å²) >= 11 is 12.7. The molecule has 1 aliphatic carbocycles. The number of rotatable bonds is 6. The Bertz CT molecular complexity index is 1580. The molecule has 2 atom stereocenters. The number of allylic oxidation sites excluding steroid dienone is 2. The molecule has 222 valence electrons. The summed E-state index contributed by atoms with van der Waals surface area (Å²) in [5.41, 5.74) is 3.59. The smallest absolute Gasteiger partial charge is 0.253 e. The van der Waals surface area contributed by atoms with Gasteiger partial charge in [0, 0.05) is 55.6 Å². The predicted molar refractivity (Wildman–Crippen MR) is 168 cm³/mol. The van der Waals surface area contributed by atoms with Gasteiger partial charge in [-0.2, -0.15) is 5.10 Å². The van der Waals surface area contributed by atoms with Crippen LogP contribution in [0.15, 0.2) is 72.1 Å². The zero-order valence-electron chi connectivity index (χ0n) is 23.9. The van der Waals surface area contributed by atoms with Crippen LogP contribution in [0.4, 0.5) is 11.4 Å². The van der Waals surface area contributed by atoms with Crippen molar-refractivity contribution in [2.75, 3.05) is 50.3 Å². The van der Waals surface area contributed by atoms with Crippen LogP contribution in [0.25, 0.3) is 0 Å². The highest BCUT2D eigenvalue weighted by molar-refractivity contribution is 6.38. The van der Waals surface area contributed by atoms with Crippen molar-refractivity contribution in [1.29, 1.82) is 0 Å². The number of nitrogens with zero attached hydrogens (tertiary/aromatic N) is 5. The number of hydrazone groups is 1. The van der Waals surface area contributed by atoms with E-state index in [1.54, 1.807) is 50.9 Å². The van der Waals surface area contributed by atoms with E-state index in [1.165, 1.54) is 5.01 Å². The molecule has 2 aromatic carbocycles. The summed E-state index contributed by atoms with van der Waals surface area (Å²) in [4.78, 5) is 34.9. The zero-order valence-corrected chi connectivity index (χ0v) is 25.4. The summed E-state index contributed by atoms with van der Waals surface area (Å²) in [5.74, 6) is 0.832. The Morgan fingerprint density at radius 2 is 1.51 bits per heavy atom. The molecule has 0 radical (unpaired) electrons. The number of aromatic nitrogens is 1. The maximum absolute atomic E-state index is 13.7. The van der Waals surface area contributed by atoms with Gasteiger partial charge in [-0.15, -0.1) is 0 Å². The number of amides is 2. The van der Waals surface area contributed by atoms with E-state index >= 15 is 0 Å². The summed E-state index contributed by atoms with van der Waals surface area (Å²) in [6, 6.07) is 12.8. The third-order valence-electron chi connectivity index (χ3n) is 8.27. The highest BCUT2D eigenvalue weighted by Gasteiger charge is 2.41. The lowest BCUT2D eigenvalue weighted by Crippen LogP contribution is -2.49. The molecule has 3 heterocycles. The summed E-state index contributed by atoms with van der Waals surface area (Å²) in [7, 11) is 3.20. The van der Waals surface area contributed by atoms with Gasteiger partial charge < -0.3 is 19.3 Å². The van der Waals surface area contributed by atoms with Gasteiger partial charge in [-0.25, -0.2) is 5.01 Å². The molecule has 3 aliphatic rings. The van der Waals surface area contributed by atoms with Gasteiger partial charge in [0.15, 0.2) is 11.5 Å². The zero-order chi connectivity index (χ0) is 30.1. The fourth-order valence-electron chi connectivity index (χ4n) is 6.00. The molecule has 9 nitrogen and oxygen atoms in total. The van der Waals surface area contributed by atoms with Crippen LogP contribution in [-0.2, 0) is 4.79 Å². The lowest BCUT2D eigenvalue weighted by Gasteiger charge is -2.37. The highest BCUT2D eigenvalue weighted by Crippen LogP contribution is 2.38. The molecule has 11 heteroatoms. The molecule has 1 aromatic heterocycles. The number of carbonyl (C=O) groups is 2. The first-order valence-electron chi connectivity index (χ1n) is 14.1. The van der Waals surface area contributed by atoms with Crippen molar-refractivity contribution in [3.8, 4) is 11.5 Å². The van der Waals surface area contributed by atoms with Gasteiger partial charge in [0.25, 0.3) is 11.8 Å². The third kappa shape index (κ3) is 5.55. The van der Waals surface area contributed by atoms with Crippen LogP contribution < -0.4 is 19.4 Å². The van der Waals surface area contributed by atoms with E-state index in [-0.39, 0.29) is 23.7 Å². The molecule has 43 heavy (non-hydrogen) atoms. The standard InChI is InChI=1S/C32H31Cl2N5O4/c1-42-27-12-9-21(17-28(27)43-2)29-23-5-3-4-6-24(23)32(41)39(36-29)22-10-7-20(8-11-22)31(40)38-15-13-37(14-16-38)30-25(33)18-35-19-26(30)34/h3-4,7-12,17-19,23-24H,5-6,13-16H2,1-2H3/t23-,24+/m0/s1. The van der Waals surface area contributed by atoms with E-state index < -0.39 is 0 Å². The summed E-state index contributed by atoms with van der Waals surface area (Å²) in [5, 5.41) is 7.33. The van der Waals surface area contributed by atoms with Crippen molar-refractivity contribution in [3.63, 3.8) is 0 Å². The van der Waals surface area contributed by atoms with Gasteiger partial charge in [0.05, 0.1) is 47.3 Å². The first-order valence-corrected chi connectivity index (χ1v) is 14.9. The number of anilines is 2. The molecule has 0 unspecified atom stereocenters. The van der Waals surface area contributed by atoms with E-state index in [1.807, 2.05) is 23.1 Å². The van der Waals surface area contributed by atoms with E-state index in [2.05, 4.69) is 22.0 Å². The second-order valence-electron chi connectivity index (χ2n) is 10.6. The second-order valence-corrected chi connectivity index (χ2v) is 11.5. The van der Waals surface area contributed by atoms with Crippen LogP contribution in [0, 0.1) is 11.8 Å². The normalized spacial score (nSPS) is 20.0. The molecule has 6 rings (SSSR count). The van der Waals surface area contributed by atoms with Crippen LogP contribution in [0.2, 0.25) is 10.0 Å². The van der Waals surface area contributed by atoms with Crippen LogP contribution >= 0.6 is 23.2 Å². The third-order valence-corrected chi connectivity index (χ3v) is 8.82. The highest BCUT2D eigenvalue weighted by atomic mass is 35.5. The van der Waals surface area contributed by atoms with E-state index in [4.69, 9.17) is 37.8 Å². The van der Waals surface area contributed by atoms with Crippen LogP contribution in [0.5, 0.6) is 11.5 Å². The monoisotopic (exact) mass is 619 g/mol. The maximum Gasteiger partial charge on any atom is 0.253 e. The van der Waals surface area contributed by atoms with Crippen LogP contribution in [0.1, 0.15) is 28.8 Å². The van der Waals surface area contributed by atoms with Gasteiger partial charge in [-0.1, -0.05) is 35.4 Å². The summed E-state index contributed by atoms with van der Waals surface area (Å²) < 4.78 is 10.9. The van der Waals surface area contributed by atoms with Crippen molar-refractivity contribution in [1.82, 2.24) is 9.88 Å². The Kier molecular flexibility index (Phi) is 8.27. The molecule has 1 saturated heterocycles. The number of benzene rings is 2. The number of pyridine rings is 1. The number of piperazine rings is 1. The molecule has 2 amide bonds. The molecular weight excluding hydrogens is 589 g/mol. The average Bonchev–Trinajstić information content (AvgIpc) is 3.05. The summed E-state index contributed by atoms with van der Waals surface area (Å²) in [6.07, 6.45) is 8.69. The lowest BCUT2D eigenvalue weighted by molar-refractivity contribution is -0.123. The quantitative estimate of drug-likeness (QED) is 0.329. The Morgan fingerprint density at radius 1 is 0.860 bits per heavy atom. The predicted octanol–water partition coefficient (Wildman–Crippen LogP) is 5.70. The lowest BCUT2D eigenvalue weighted by atomic mass is 9.76. The van der Waals surface area contributed by atoms with E-state index in [0.717, 1.165) is 23.4 Å². The number of ether oxygens (including phenoxy) is 2. The molecule has 0 bridgehead atoms. The van der Waals surface area contributed by atoms with Gasteiger partial charge in [0.2, 0.25) is 0 Å². The average molecular weight is 621 g/mol. The van der Waals surface area contributed by atoms with E-state index in [9.17, 15) is 9.59 Å². The van der Waals surface area contributed by atoms with E-state index in [0.29, 0.717) is 65.4 Å². The maximum atomic E-state index is 13.7. The number of methoxy groups -OCH3 is 2. The summed E-state index contributed by atoms with van der Waals surface area (Å²) in [6.45, 7) is 2.24. The Morgan fingerprint density at radius 3 is 2.16 bits per heavy atom. The topological polar surface area (TPSA) is 87.6 Å². The molecule has 0 N–H and O–H groups in total. The number of hydrogen-bond donors (Lipinski definition) is 0. The molecule has 0 spiro atoms. The van der Waals surface area contributed by atoms with Gasteiger partial charge in [0.1, 0.15) is 0 Å². The Hall–Kier alpha value is -4.08. The number of fused-ring (bicyclic) bond motifs is 1. The van der Waals surface area contributed by atoms with Crippen molar-refractivity contribution in [3.05, 3.63) is 88.2 Å². The van der Waals surface area contributed by atoms with Crippen molar-refractivity contribution < 1.29 is 19.1 Å². The van der Waals surface area contributed by atoms with Crippen molar-refractivity contribution >= 4 is 52.1 Å². The second kappa shape index (κ2) is 12.3. The SMILES string of the molecule is COc1ccc(C2=NN(c3ccc(C(=O)N4CCN(c5c(Cl)cncc5Cl)CC4)cc3)C(=O)[C@@H]3CC=CC[C@H]23)cc1OC. The van der Waals surface area contributed by atoms with Crippen LogP contribution in [0.3, 0.4) is 0 Å². The van der Waals surface area contributed by atoms with Crippen LogP contribution in [-0.4, -0.2) is 67.8 Å². The number of carbonyl (C=O) groups excluding carboxylic acids is 2.